The summed E-state index contributed by atoms with van der Waals surface area (Å²) in [6, 6.07) is 5.29. The van der Waals surface area contributed by atoms with E-state index in [4.69, 9.17) is 44.6 Å². The molecule has 0 radical (unpaired) electrons. The lowest BCUT2D eigenvalue weighted by atomic mass is 10.1. The van der Waals surface area contributed by atoms with Crippen LogP contribution >= 0.6 is 34.8 Å². The summed E-state index contributed by atoms with van der Waals surface area (Å²) in [5, 5.41) is 12.2. The second-order valence-corrected chi connectivity index (χ2v) is 11.3. The second-order valence-electron chi connectivity index (χ2n) is 10.1. The van der Waals surface area contributed by atoms with Crippen molar-refractivity contribution in [2.45, 2.75) is 25.2 Å². The summed E-state index contributed by atoms with van der Waals surface area (Å²) < 4.78 is 36.8. The number of rotatable bonds is 10. The lowest BCUT2D eigenvalue weighted by Gasteiger charge is -2.36. The lowest BCUT2D eigenvalue weighted by Crippen LogP contribution is -2.47. The fourth-order valence-corrected chi connectivity index (χ4v) is 5.96. The SMILES string of the molecule is O=C(NCc1ccc(Cl)cc1Cl)c1cn(C2CC2F)c2c(Cl)c(N3CCN(CCOCCO)CC3)c(F)cc2c1=O. The Labute approximate surface area is 250 Å². The van der Waals surface area contributed by atoms with Crippen molar-refractivity contribution in [3.63, 3.8) is 0 Å². The average molecular weight is 630 g/mol. The number of aromatic nitrogens is 1. The maximum Gasteiger partial charge on any atom is 0.257 e. The fraction of sp³-hybridized carbons (Fsp3) is 0.429. The van der Waals surface area contributed by atoms with Crippen LogP contribution in [0.3, 0.4) is 0 Å². The first-order valence-corrected chi connectivity index (χ1v) is 14.4. The van der Waals surface area contributed by atoms with Crippen molar-refractivity contribution in [2.75, 3.05) is 57.4 Å². The Kier molecular flexibility index (Phi) is 9.37. The highest BCUT2D eigenvalue weighted by Crippen LogP contribution is 2.44. The quantitative estimate of drug-likeness (QED) is 0.323. The molecular weight excluding hydrogens is 601 g/mol. The fourth-order valence-electron chi connectivity index (χ4n) is 5.08. The molecule has 13 heteroatoms. The number of fused-ring (bicyclic) bond motifs is 1. The normalized spacial score (nSPS) is 19.1. The number of pyridine rings is 1. The predicted octanol–water partition coefficient (Wildman–Crippen LogP) is 4.44. The Hall–Kier alpha value is -2.47. The van der Waals surface area contributed by atoms with E-state index in [0.29, 0.717) is 54.9 Å². The van der Waals surface area contributed by atoms with Gasteiger partial charge in [-0.25, -0.2) is 8.78 Å². The van der Waals surface area contributed by atoms with Crippen LogP contribution in [0.4, 0.5) is 14.5 Å². The highest BCUT2D eigenvalue weighted by molar-refractivity contribution is 6.38. The molecule has 41 heavy (non-hydrogen) atoms. The number of alkyl halides is 1. The van der Waals surface area contributed by atoms with Crippen molar-refractivity contribution >= 4 is 57.3 Å². The van der Waals surface area contributed by atoms with Gasteiger partial charge in [0.2, 0.25) is 5.43 Å². The molecule has 2 aromatic carbocycles. The van der Waals surface area contributed by atoms with Gasteiger partial charge in [-0.15, -0.1) is 0 Å². The molecule has 0 spiro atoms. The van der Waals surface area contributed by atoms with Crippen LogP contribution in [0.5, 0.6) is 0 Å². The van der Waals surface area contributed by atoms with E-state index in [-0.39, 0.29) is 53.4 Å². The van der Waals surface area contributed by atoms with Crippen LogP contribution in [0.1, 0.15) is 28.4 Å². The number of nitrogens with one attached hydrogen (secondary N) is 1. The minimum absolute atomic E-state index is 0.0100. The zero-order valence-corrected chi connectivity index (χ0v) is 24.3. The summed E-state index contributed by atoms with van der Waals surface area (Å²) in [4.78, 5) is 30.6. The molecule has 5 rings (SSSR count). The monoisotopic (exact) mass is 628 g/mol. The van der Waals surface area contributed by atoms with Crippen LogP contribution < -0.4 is 15.6 Å². The Morgan fingerprint density at radius 1 is 1.12 bits per heavy atom. The number of anilines is 1. The first-order chi connectivity index (χ1) is 19.7. The van der Waals surface area contributed by atoms with Crippen LogP contribution in [0.15, 0.2) is 35.3 Å². The molecule has 2 atom stereocenters. The van der Waals surface area contributed by atoms with E-state index in [9.17, 15) is 14.0 Å². The van der Waals surface area contributed by atoms with Crippen LogP contribution in [0, 0.1) is 5.82 Å². The number of hydrogen-bond donors (Lipinski definition) is 2. The summed E-state index contributed by atoms with van der Waals surface area (Å²) >= 11 is 18.9. The number of halogens is 5. The van der Waals surface area contributed by atoms with Gasteiger partial charge in [0, 0.05) is 61.9 Å². The van der Waals surface area contributed by atoms with Gasteiger partial charge in [-0.1, -0.05) is 40.9 Å². The Morgan fingerprint density at radius 3 is 2.51 bits per heavy atom. The van der Waals surface area contributed by atoms with Gasteiger partial charge >= 0.3 is 0 Å². The average Bonchev–Trinajstić information content (AvgIpc) is 3.68. The van der Waals surface area contributed by atoms with E-state index < -0.39 is 29.4 Å². The van der Waals surface area contributed by atoms with Crippen molar-refractivity contribution in [3.05, 3.63) is 72.7 Å². The molecule has 1 aliphatic heterocycles. The van der Waals surface area contributed by atoms with Crippen LogP contribution in [-0.2, 0) is 11.3 Å². The molecule has 2 aliphatic rings. The summed E-state index contributed by atoms with van der Waals surface area (Å²) in [7, 11) is 0. The number of amides is 1. The van der Waals surface area contributed by atoms with E-state index in [1.165, 1.54) is 16.8 Å². The molecule has 2 fully saturated rings. The summed E-state index contributed by atoms with van der Waals surface area (Å²) in [5.74, 6) is -1.39. The standard InChI is InChI=1S/C28H29Cl3F2N4O4/c29-17-2-1-16(20(30)11-17)14-34-28(40)19-15-37(23-13-21(23)32)25-18(27(19)39)12-22(33)26(24(25)31)36-5-3-35(4-6-36)7-9-41-10-8-38/h1-2,11-12,15,21,23,38H,3-10,13-14H2,(H,34,40). The Bertz CT molecular complexity index is 1510. The highest BCUT2D eigenvalue weighted by Gasteiger charge is 2.41. The van der Waals surface area contributed by atoms with Crippen molar-refractivity contribution in [1.82, 2.24) is 14.8 Å². The largest absolute Gasteiger partial charge is 0.394 e. The van der Waals surface area contributed by atoms with Gasteiger partial charge in [0.1, 0.15) is 17.6 Å². The van der Waals surface area contributed by atoms with Crippen LogP contribution in [0.25, 0.3) is 10.9 Å². The zero-order chi connectivity index (χ0) is 29.3. The number of carbonyl (C=O) groups is 1. The zero-order valence-electron chi connectivity index (χ0n) is 22.0. The van der Waals surface area contributed by atoms with Gasteiger partial charge < -0.3 is 24.6 Å². The third-order valence-electron chi connectivity index (χ3n) is 7.40. The second kappa shape index (κ2) is 12.8. The molecule has 1 saturated heterocycles. The van der Waals surface area contributed by atoms with Crippen LogP contribution in [0.2, 0.25) is 15.1 Å². The van der Waals surface area contributed by atoms with E-state index in [1.807, 2.05) is 4.90 Å². The van der Waals surface area contributed by atoms with Crippen molar-refractivity contribution in [3.8, 4) is 0 Å². The van der Waals surface area contributed by atoms with Crippen molar-refractivity contribution in [2.24, 2.45) is 0 Å². The number of piperazine rings is 1. The maximum absolute atomic E-state index is 15.6. The first-order valence-electron chi connectivity index (χ1n) is 13.3. The Balaban J connectivity index is 1.43. The predicted molar refractivity (Wildman–Crippen MR) is 156 cm³/mol. The van der Waals surface area contributed by atoms with E-state index >= 15 is 4.39 Å². The summed E-state index contributed by atoms with van der Waals surface area (Å²) in [6.45, 7) is 3.65. The summed E-state index contributed by atoms with van der Waals surface area (Å²) in [6.07, 6.45) is 0.330. The minimum atomic E-state index is -1.18. The minimum Gasteiger partial charge on any atom is -0.394 e. The maximum atomic E-state index is 15.6. The molecule has 0 bridgehead atoms. The molecule has 8 nitrogen and oxygen atoms in total. The number of ether oxygens (including phenoxy) is 1. The molecule has 2 N–H and O–H groups in total. The number of carbonyl (C=O) groups excluding carboxylic acids is 1. The van der Waals surface area contributed by atoms with E-state index in [2.05, 4.69) is 10.2 Å². The number of nitrogens with zero attached hydrogens (tertiary/aromatic N) is 3. The molecule has 1 aliphatic carbocycles. The highest BCUT2D eigenvalue weighted by atomic mass is 35.5. The molecule has 3 aromatic rings. The third kappa shape index (κ3) is 6.48. The van der Waals surface area contributed by atoms with E-state index in [0.717, 1.165) is 6.07 Å². The van der Waals surface area contributed by atoms with Gasteiger partial charge in [-0.3, -0.25) is 14.5 Å². The molecule has 1 aromatic heterocycles. The summed E-state index contributed by atoms with van der Waals surface area (Å²) in [5.41, 5.74) is -0.00784. The van der Waals surface area contributed by atoms with Gasteiger partial charge in [-0.05, 0) is 23.8 Å². The topological polar surface area (TPSA) is 87.0 Å². The molecule has 2 unspecified atom stereocenters. The van der Waals surface area contributed by atoms with Gasteiger partial charge in [0.05, 0.1) is 47.5 Å². The number of hydrogen-bond acceptors (Lipinski definition) is 6. The molecular formula is C28H29Cl3F2N4O4. The third-order valence-corrected chi connectivity index (χ3v) is 8.34. The number of aliphatic hydroxyl groups excluding tert-OH is 1. The number of benzene rings is 2. The first kappa shape index (κ1) is 30.0. The molecule has 2 heterocycles. The van der Waals surface area contributed by atoms with Crippen LogP contribution in [-0.4, -0.2) is 79.2 Å². The Morgan fingerprint density at radius 2 is 1.85 bits per heavy atom. The van der Waals surface area contributed by atoms with Gasteiger partial charge in [0.15, 0.2) is 0 Å². The number of aliphatic hydroxyl groups is 1. The smallest absolute Gasteiger partial charge is 0.257 e. The molecule has 1 amide bonds. The molecule has 220 valence electrons. The molecule has 1 saturated carbocycles. The van der Waals surface area contributed by atoms with E-state index in [1.54, 1.807) is 12.1 Å². The van der Waals surface area contributed by atoms with Crippen molar-refractivity contribution < 1.29 is 23.4 Å². The van der Waals surface area contributed by atoms with Gasteiger partial charge in [-0.2, -0.15) is 0 Å². The lowest BCUT2D eigenvalue weighted by molar-refractivity contribution is 0.0724. The van der Waals surface area contributed by atoms with Crippen molar-refractivity contribution in [1.29, 1.82) is 0 Å². The van der Waals surface area contributed by atoms with Gasteiger partial charge in [0.25, 0.3) is 5.91 Å².